The van der Waals surface area contributed by atoms with Crippen LogP contribution in [-0.2, 0) is 6.42 Å². The Hall–Kier alpha value is -0.700. The van der Waals surface area contributed by atoms with Gasteiger partial charge in [0.2, 0.25) is 0 Å². The van der Waals surface area contributed by atoms with Crippen LogP contribution in [0.2, 0.25) is 0 Å². The van der Waals surface area contributed by atoms with Crippen molar-refractivity contribution in [2.24, 2.45) is 5.41 Å². The molecule has 13 heavy (non-hydrogen) atoms. The molecule has 0 fully saturated rings. The molecule has 0 amide bonds. The molecule has 0 atom stereocenters. The third-order valence-electron chi connectivity index (χ3n) is 1.76. The van der Waals surface area contributed by atoms with Gasteiger partial charge in [-0.3, -0.25) is 4.79 Å². The van der Waals surface area contributed by atoms with Gasteiger partial charge in [-0.15, -0.1) is 11.3 Å². The molecule has 1 rings (SSSR count). The second-order valence-electron chi connectivity index (χ2n) is 4.05. The van der Waals surface area contributed by atoms with Gasteiger partial charge < -0.3 is 0 Å². The number of Topliss-reactive ketones (excluding diaryl/α,β-unsaturated/α-hetero) is 1. The van der Waals surface area contributed by atoms with E-state index in [1.807, 2.05) is 27.7 Å². The maximum absolute atomic E-state index is 11.8. The summed E-state index contributed by atoms with van der Waals surface area (Å²) in [4.78, 5) is 16.7. The largest absolute Gasteiger partial charge is 0.293 e. The van der Waals surface area contributed by atoms with Gasteiger partial charge >= 0.3 is 0 Å². The Morgan fingerprint density at radius 2 is 2.15 bits per heavy atom. The summed E-state index contributed by atoms with van der Waals surface area (Å²) < 4.78 is 0. The standard InChI is InChI=1S/C10H15NOS/c1-5-8-11-6-7(13-8)9(12)10(2,3)4/h6H,5H2,1-4H3. The zero-order valence-corrected chi connectivity index (χ0v) is 9.36. The third kappa shape index (κ3) is 2.37. The lowest BCUT2D eigenvalue weighted by Gasteiger charge is -2.14. The first-order valence-electron chi connectivity index (χ1n) is 4.44. The Kier molecular flexibility index (Phi) is 2.86. The molecule has 0 spiro atoms. The van der Waals surface area contributed by atoms with Crippen molar-refractivity contribution in [3.8, 4) is 0 Å². The first kappa shape index (κ1) is 10.4. The van der Waals surface area contributed by atoms with E-state index in [1.54, 1.807) is 6.20 Å². The predicted molar refractivity (Wildman–Crippen MR) is 55.3 cm³/mol. The van der Waals surface area contributed by atoms with Crippen molar-refractivity contribution >= 4 is 17.1 Å². The van der Waals surface area contributed by atoms with Crippen LogP contribution in [0, 0.1) is 5.41 Å². The lowest BCUT2D eigenvalue weighted by molar-refractivity contribution is 0.0862. The van der Waals surface area contributed by atoms with Gasteiger partial charge in [0.05, 0.1) is 9.88 Å². The minimum atomic E-state index is -0.294. The van der Waals surface area contributed by atoms with Crippen LogP contribution >= 0.6 is 11.3 Å². The Balaban J connectivity index is 2.90. The van der Waals surface area contributed by atoms with E-state index in [4.69, 9.17) is 0 Å². The maximum Gasteiger partial charge on any atom is 0.179 e. The second kappa shape index (κ2) is 3.58. The van der Waals surface area contributed by atoms with E-state index < -0.39 is 0 Å². The van der Waals surface area contributed by atoms with Crippen LogP contribution in [0.5, 0.6) is 0 Å². The Bertz CT molecular complexity index is 309. The first-order chi connectivity index (χ1) is 5.95. The average Bonchev–Trinajstić information content (AvgIpc) is 2.48. The molecule has 0 saturated carbocycles. The van der Waals surface area contributed by atoms with Crippen LogP contribution in [0.15, 0.2) is 6.20 Å². The highest BCUT2D eigenvalue weighted by atomic mass is 32.1. The lowest BCUT2D eigenvalue weighted by atomic mass is 9.90. The van der Waals surface area contributed by atoms with E-state index in [0.717, 1.165) is 16.3 Å². The van der Waals surface area contributed by atoms with Gasteiger partial charge in [-0.25, -0.2) is 4.98 Å². The Morgan fingerprint density at radius 3 is 2.54 bits per heavy atom. The number of aromatic nitrogens is 1. The van der Waals surface area contributed by atoms with E-state index in [2.05, 4.69) is 4.98 Å². The van der Waals surface area contributed by atoms with Crippen LogP contribution in [0.1, 0.15) is 42.4 Å². The zero-order chi connectivity index (χ0) is 10.1. The van der Waals surface area contributed by atoms with Crippen molar-refractivity contribution in [3.63, 3.8) is 0 Å². The third-order valence-corrected chi connectivity index (χ3v) is 2.90. The van der Waals surface area contributed by atoms with E-state index in [1.165, 1.54) is 11.3 Å². The summed E-state index contributed by atoms with van der Waals surface area (Å²) in [6, 6.07) is 0. The van der Waals surface area contributed by atoms with Crippen LogP contribution in [-0.4, -0.2) is 10.8 Å². The highest BCUT2D eigenvalue weighted by Crippen LogP contribution is 2.24. The molecule has 3 heteroatoms. The van der Waals surface area contributed by atoms with Crippen molar-refractivity contribution in [3.05, 3.63) is 16.1 Å². The highest BCUT2D eigenvalue weighted by Gasteiger charge is 2.24. The number of hydrogen-bond acceptors (Lipinski definition) is 3. The molecule has 0 unspecified atom stereocenters. The molecule has 0 bridgehead atoms. The van der Waals surface area contributed by atoms with Crippen LogP contribution in [0.4, 0.5) is 0 Å². The molecule has 2 nitrogen and oxygen atoms in total. The normalized spacial score (nSPS) is 11.7. The van der Waals surface area contributed by atoms with E-state index in [-0.39, 0.29) is 11.2 Å². The summed E-state index contributed by atoms with van der Waals surface area (Å²) in [5.41, 5.74) is -0.294. The summed E-state index contributed by atoms with van der Waals surface area (Å²) in [5.74, 6) is 0.185. The van der Waals surface area contributed by atoms with Crippen LogP contribution < -0.4 is 0 Å². The number of carbonyl (C=O) groups excluding carboxylic acids is 1. The van der Waals surface area contributed by atoms with Gasteiger partial charge in [-0.2, -0.15) is 0 Å². The number of thiazole rings is 1. The van der Waals surface area contributed by atoms with E-state index in [9.17, 15) is 4.79 Å². The van der Waals surface area contributed by atoms with Gasteiger partial charge in [0.1, 0.15) is 0 Å². The van der Waals surface area contributed by atoms with Gasteiger partial charge in [-0.05, 0) is 6.42 Å². The van der Waals surface area contributed by atoms with Crippen molar-refractivity contribution in [1.29, 1.82) is 0 Å². The Morgan fingerprint density at radius 1 is 1.54 bits per heavy atom. The molecule has 1 aromatic rings. The summed E-state index contributed by atoms with van der Waals surface area (Å²) in [6.07, 6.45) is 2.60. The van der Waals surface area contributed by atoms with Gasteiger partial charge in [0.15, 0.2) is 5.78 Å². The van der Waals surface area contributed by atoms with Crippen LogP contribution in [0.3, 0.4) is 0 Å². The SMILES string of the molecule is CCc1ncc(C(=O)C(C)(C)C)s1. The number of rotatable bonds is 2. The number of ketones is 1. The Labute approximate surface area is 83.0 Å². The highest BCUT2D eigenvalue weighted by molar-refractivity contribution is 7.13. The monoisotopic (exact) mass is 197 g/mol. The van der Waals surface area contributed by atoms with Crippen molar-refractivity contribution in [1.82, 2.24) is 4.98 Å². The summed E-state index contributed by atoms with van der Waals surface area (Å²) in [6.45, 7) is 7.84. The quantitative estimate of drug-likeness (QED) is 0.682. The molecule has 0 aliphatic carbocycles. The summed E-state index contributed by atoms with van der Waals surface area (Å²) in [5, 5.41) is 1.03. The number of carbonyl (C=O) groups is 1. The average molecular weight is 197 g/mol. The first-order valence-corrected chi connectivity index (χ1v) is 5.26. The predicted octanol–water partition coefficient (Wildman–Crippen LogP) is 2.93. The minimum absolute atomic E-state index is 0.185. The fourth-order valence-electron chi connectivity index (χ4n) is 0.948. The fourth-order valence-corrected chi connectivity index (χ4v) is 1.96. The fraction of sp³-hybridized carbons (Fsp3) is 0.600. The molecule has 0 aliphatic rings. The van der Waals surface area contributed by atoms with Crippen molar-refractivity contribution in [2.45, 2.75) is 34.1 Å². The molecule has 0 aromatic carbocycles. The van der Waals surface area contributed by atoms with E-state index >= 15 is 0 Å². The van der Waals surface area contributed by atoms with Gasteiger partial charge in [0.25, 0.3) is 0 Å². The zero-order valence-electron chi connectivity index (χ0n) is 8.55. The number of nitrogens with zero attached hydrogens (tertiary/aromatic N) is 1. The van der Waals surface area contributed by atoms with Gasteiger partial charge in [0, 0.05) is 11.6 Å². The number of hydrogen-bond donors (Lipinski definition) is 0. The molecule has 0 N–H and O–H groups in total. The van der Waals surface area contributed by atoms with Crippen molar-refractivity contribution < 1.29 is 4.79 Å². The van der Waals surface area contributed by atoms with Crippen molar-refractivity contribution in [2.75, 3.05) is 0 Å². The van der Waals surface area contributed by atoms with Crippen LogP contribution in [0.25, 0.3) is 0 Å². The summed E-state index contributed by atoms with van der Waals surface area (Å²) in [7, 11) is 0. The summed E-state index contributed by atoms with van der Waals surface area (Å²) >= 11 is 1.51. The maximum atomic E-state index is 11.8. The molecule has 1 aromatic heterocycles. The molecular formula is C10H15NOS. The van der Waals surface area contributed by atoms with Gasteiger partial charge in [-0.1, -0.05) is 27.7 Å². The molecular weight excluding hydrogens is 182 g/mol. The lowest BCUT2D eigenvalue weighted by Crippen LogP contribution is -2.18. The number of aryl methyl sites for hydroxylation is 1. The minimum Gasteiger partial charge on any atom is -0.293 e. The molecule has 0 saturated heterocycles. The smallest absolute Gasteiger partial charge is 0.179 e. The molecule has 0 radical (unpaired) electrons. The topological polar surface area (TPSA) is 30.0 Å². The molecule has 72 valence electrons. The van der Waals surface area contributed by atoms with E-state index in [0.29, 0.717) is 0 Å². The molecule has 1 heterocycles. The second-order valence-corrected chi connectivity index (χ2v) is 5.17. The molecule has 0 aliphatic heterocycles.